The van der Waals surface area contributed by atoms with Gasteiger partial charge in [-0.15, -0.1) is 0 Å². The summed E-state index contributed by atoms with van der Waals surface area (Å²) in [5.41, 5.74) is 0. The largest absolute Gasteiger partial charge is 0.379 e. The Hall–Kier alpha value is -0.570. The van der Waals surface area contributed by atoms with Crippen LogP contribution in [-0.4, -0.2) is 25.2 Å². The number of ether oxygens (including phenoxy) is 1. The second-order valence-corrected chi connectivity index (χ2v) is 3.99. The Morgan fingerprint density at radius 3 is 2.50 bits per heavy atom. The normalized spacial score (nSPS) is 12.9. The minimum absolute atomic E-state index is 0.0492. The van der Waals surface area contributed by atoms with Gasteiger partial charge < -0.3 is 10.1 Å². The highest BCUT2D eigenvalue weighted by Crippen LogP contribution is 1.94. The Kier molecular flexibility index (Phi) is 7.48. The Morgan fingerprint density at radius 1 is 1.36 bits per heavy atom. The standard InChI is InChI=1S/C11H23NO2/c1-5-6-7-14-8-10(4)12-11(13)9(2)3/h9-10H,5-8H2,1-4H3,(H,12,13). The second-order valence-electron chi connectivity index (χ2n) is 3.99. The van der Waals surface area contributed by atoms with Gasteiger partial charge in [-0.05, 0) is 13.3 Å². The molecular weight excluding hydrogens is 178 g/mol. The quantitative estimate of drug-likeness (QED) is 0.639. The first-order valence-corrected chi connectivity index (χ1v) is 5.46. The van der Waals surface area contributed by atoms with Gasteiger partial charge in [-0.25, -0.2) is 0 Å². The van der Waals surface area contributed by atoms with E-state index in [1.807, 2.05) is 20.8 Å². The van der Waals surface area contributed by atoms with Crippen molar-refractivity contribution in [1.29, 1.82) is 0 Å². The number of unbranched alkanes of at least 4 members (excludes halogenated alkanes) is 1. The molecule has 1 unspecified atom stereocenters. The van der Waals surface area contributed by atoms with Crippen LogP contribution in [0.4, 0.5) is 0 Å². The smallest absolute Gasteiger partial charge is 0.222 e. The molecule has 0 aliphatic heterocycles. The van der Waals surface area contributed by atoms with Crippen molar-refractivity contribution < 1.29 is 9.53 Å². The summed E-state index contributed by atoms with van der Waals surface area (Å²) < 4.78 is 5.40. The average molecular weight is 201 g/mol. The van der Waals surface area contributed by atoms with Crippen LogP contribution in [0.1, 0.15) is 40.5 Å². The summed E-state index contributed by atoms with van der Waals surface area (Å²) in [7, 11) is 0. The predicted molar refractivity (Wildman–Crippen MR) is 58.2 cm³/mol. The number of nitrogens with one attached hydrogen (secondary N) is 1. The lowest BCUT2D eigenvalue weighted by Gasteiger charge is -2.15. The first-order chi connectivity index (χ1) is 6.57. The third-order valence-corrected chi connectivity index (χ3v) is 1.92. The van der Waals surface area contributed by atoms with Crippen molar-refractivity contribution in [3.8, 4) is 0 Å². The lowest BCUT2D eigenvalue weighted by atomic mass is 10.2. The van der Waals surface area contributed by atoms with E-state index < -0.39 is 0 Å². The molecule has 0 aromatic carbocycles. The summed E-state index contributed by atoms with van der Waals surface area (Å²) in [6.07, 6.45) is 2.23. The molecule has 1 N–H and O–H groups in total. The zero-order valence-electron chi connectivity index (χ0n) is 9.80. The summed E-state index contributed by atoms with van der Waals surface area (Å²) >= 11 is 0. The third-order valence-electron chi connectivity index (χ3n) is 1.92. The molecule has 0 radical (unpaired) electrons. The van der Waals surface area contributed by atoms with Crippen LogP contribution >= 0.6 is 0 Å². The molecule has 0 saturated carbocycles. The fraction of sp³-hybridized carbons (Fsp3) is 0.909. The van der Waals surface area contributed by atoms with E-state index in [-0.39, 0.29) is 17.9 Å². The molecule has 14 heavy (non-hydrogen) atoms. The van der Waals surface area contributed by atoms with Crippen LogP contribution in [0.3, 0.4) is 0 Å². The van der Waals surface area contributed by atoms with E-state index in [9.17, 15) is 4.79 Å². The molecule has 0 aliphatic carbocycles. The second kappa shape index (κ2) is 7.80. The summed E-state index contributed by atoms with van der Waals surface area (Å²) in [4.78, 5) is 11.3. The molecule has 0 aliphatic rings. The number of carbonyl (C=O) groups is 1. The molecule has 1 amide bonds. The van der Waals surface area contributed by atoms with Gasteiger partial charge in [-0.1, -0.05) is 27.2 Å². The van der Waals surface area contributed by atoms with Gasteiger partial charge in [0.1, 0.15) is 0 Å². The highest BCUT2D eigenvalue weighted by atomic mass is 16.5. The first-order valence-electron chi connectivity index (χ1n) is 5.46. The Morgan fingerprint density at radius 2 is 2.00 bits per heavy atom. The molecule has 84 valence electrons. The van der Waals surface area contributed by atoms with Crippen LogP contribution in [-0.2, 0) is 9.53 Å². The molecule has 3 heteroatoms. The summed E-state index contributed by atoms with van der Waals surface area (Å²) in [5.74, 6) is 0.143. The predicted octanol–water partition coefficient (Wildman–Crippen LogP) is 1.96. The molecular formula is C11H23NO2. The number of rotatable bonds is 7. The van der Waals surface area contributed by atoms with Crippen molar-refractivity contribution in [2.75, 3.05) is 13.2 Å². The van der Waals surface area contributed by atoms with Crippen LogP contribution in [0.25, 0.3) is 0 Å². The maximum absolute atomic E-state index is 11.3. The highest BCUT2D eigenvalue weighted by Gasteiger charge is 2.10. The molecule has 0 aromatic rings. The van der Waals surface area contributed by atoms with E-state index in [4.69, 9.17) is 4.74 Å². The van der Waals surface area contributed by atoms with E-state index in [1.165, 1.54) is 0 Å². The van der Waals surface area contributed by atoms with Crippen molar-refractivity contribution in [2.24, 2.45) is 5.92 Å². The number of hydrogen-bond acceptors (Lipinski definition) is 2. The minimum atomic E-state index is 0.0492. The van der Waals surface area contributed by atoms with Gasteiger partial charge in [-0.2, -0.15) is 0 Å². The van der Waals surface area contributed by atoms with Crippen LogP contribution in [0.5, 0.6) is 0 Å². The molecule has 0 bridgehead atoms. The van der Waals surface area contributed by atoms with Gasteiger partial charge in [0.05, 0.1) is 6.61 Å². The maximum Gasteiger partial charge on any atom is 0.222 e. The molecule has 0 spiro atoms. The Balaban J connectivity index is 3.45. The van der Waals surface area contributed by atoms with Crippen molar-refractivity contribution in [3.05, 3.63) is 0 Å². The van der Waals surface area contributed by atoms with Gasteiger partial charge in [-0.3, -0.25) is 4.79 Å². The topological polar surface area (TPSA) is 38.3 Å². The minimum Gasteiger partial charge on any atom is -0.379 e. The Labute approximate surface area is 87.2 Å². The lowest BCUT2D eigenvalue weighted by molar-refractivity contribution is -0.125. The van der Waals surface area contributed by atoms with E-state index in [0.717, 1.165) is 19.4 Å². The first kappa shape index (κ1) is 13.4. The molecule has 0 aromatic heterocycles. The van der Waals surface area contributed by atoms with Crippen LogP contribution < -0.4 is 5.32 Å². The zero-order valence-corrected chi connectivity index (χ0v) is 9.80. The van der Waals surface area contributed by atoms with Crippen molar-refractivity contribution in [1.82, 2.24) is 5.32 Å². The SMILES string of the molecule is CCCCOCC(C)NC(=O)C(C)C. The third kappa shape index (κ3) is 6.89. The van der Waals surface area contributed by atoms with Crippen LogP contribution in [0.15, 0.2) is 0 Å². The molecule has 0 fully saturated rings. The van der Waals surface area contributed by atoms with Crippen molar-refractivity contribution in [3.63, 3.8) is 0 Å². The zero-order chi connectivity index (χ0) is 11.0. The van der Waals surface area contributed by atoms with E-state index >= 15 is 0 Å². The van der Waals surface area contributed by atoms with Gasteiger partial charge in [0.2, 0.25) is 5.91 Å². The summed E-state index contributed by atoms with van der Waals surface area (Å²) in [6.45, 7) is 9.27. The van der Waals surface area contributed by atoms with E-state index in [1.54, 1.807) is 0 Å². The Bertz CT molecular complexity index is 157. The highest BCUT2D eigenvalue weighted by molar-refractivity contribution is 5.78. The van der Waals surface area contributed by atoms with Crippen molar-refractivity contribution in [2.45, 2.75) is 46.6 Å². The fourth-order valence-electron chi connectivity index (χ4n) is 0.958. The molecule has 3 nitrogen and oxygen atoms in total. The van der Waals surface area contributed by atoms with Gasteiger partial charge >= 0.3 is 0 Å². The molecule has 0 rings (SSSR count). The molecule has 0 saturated heterocycles. The average Bonchev–Trinajstić information content (AvgIpc) is 2.12. The maximum atomic E-state index is 11.3. The van der Waals surface area contributed by atoms with Gasteiger partial charge in [0.25, 0.3) is 0 Å². The fourth-order valence-corrected chi connectivity index (χ4v) is 0.958. The summed E-state index contributed by atoms with van der Waals surface area (Å²) in [5, 5.41) is 2.89. The molecule has 0 heterocycles. The van der Waals surface area contributed by atoms with Crippen LogP contribution in [0.2, 0.25) is 0 Å². The van der Waals surface area contributed by atoms with Gasteiger partial charge in [0.15, 0.2) is 0 Å². The summed E-state index contributed by atoms with van der Waals surface area (Å²) in [6, 6.07) is 0.113. The monoisotopic (exact) mass is 201 g/mol. The van der Waals surface area contributed by atoms with E-state index in [0.29, 0.717) is 6.61 Å². The van der Waals surface area contributed by atoms with E-state index in [2.05, 4.69) is 12.2 Å². The van der Waals surface area contributed by atoms with Crippen LogP contribution in [0, 0.1) is 5.92 Å². The molecule has 1 atom stereocenters. The number of carbonyl (C=O) groups excluding carboxylic acids is 1. The van der Waals surface area contributed by atoms with Crippen molar-refractivity contribution >= 4 is 5.91 Å². The number of hydrogen-bond donors (Lipinski definition) is 1. The number of amides is 1. The lowest BCUT2D eigenvalue weighted by Crippen LogP contribution is -2.38. The van der Waals surface area contributed by atoms with Gasteiger partial charge in [0, 0.05) is 18.6 Å².